The number of hydrogen-bond acceptors (Lipinski definition) is 6. The monoisotopic (exact) mass is 754 g/mol. The summed E-state index contributed by atoms with van der Waals surface area (Å²) in [6.45, 7) is 1.33. The molecule has 1 fully saturated rings. The van der Waals surface area contributed by atoms with Crippen molar-refractivity contribution in [2.24, 2.45) is 0 Å². The summed E-state index contributed by atoms with van der Waals surface area (Å²) in [6, 6.07) is 49.1. The molecule has 0 aliphatic heterocycles. The van der Waals surface area contributed by atoms with E-state index in [9.17, 15) is 4.79 Å². The molecule has 0 saturated heterocycles. The summed E-state index contributed by atoms with van der Waals surface area (Å²) in [4.78, 5) is 13.6. The molecule has 0 radical (unpaired) electrons. The van der Waals surface area contributed by atoms with Gasteiger partial charge in [0.1, 0.15) is 30.5 Å². The highest BCUT2D eigenvalue weighted by atomic mass is 127. The van der Waals surface area contributed by atoms with Gasteiger partial charge in [0.2, 0.25) is 0 Å². The van der Waals surface area contributed by atoms with Crippen LogP contribution in [0.4, 0.5) is 0 Å². The van der Waals surface area contributed by atoms with Gasteiger partial charge in [0.15, 0.2) is 0 Å². The maximum absolute atomic E-state index is 13.6. The molecule has 1 aliphatic carbocycles. The van der Waals surface area contributed by atoms with Gasteiger partial charge in [0, 0.05) is 0 Å². The predicted octanol–water partition coefficient (Wildman–Crippen LogP) is 8.37. The van der Waals surface area contributed by atoms with Gasteiger partial charge in [-0.2, -0.15) is 0 Å². The van der Waals surface area contributed by atoms with Crippen LogP contribution in [0.25, 0.3) is 0 Å². The summed E-state index contributed by atoms with van der Waals surface area (Å²) in [5.41, 5.74) is 4.54. The highest BCUT2D eigenvalue weighted by molar-refractivity contribution is 14.1. The van der Waals surface area contributed by atoms with Crippen LogP contribution in [-0.2, 0) is 50.1 Å². The Bertz CT molecular complexity index is 1660. The van der Waals surface area contributed by atoms with E-state index in [1.807, 2.05) is 140 Å². The van der Waals surface area contributed by atoms with Gasteiger partial charge in [-0.15, -0.1) is 0 Å². The highest BCUT2D eigenvalue weighted by Crippen LogP contribution is 2.38. The fourth-order valence-corrected chi connectivity index (χ4v) is 7.00. The fraction of sp³-hybridized carbons (Fsp3) is 0.244. The van der Waals surface area contributed by atoms with Crippen molar-refractivity contribution >= 4 is 28.6 Å². The van der Waals surface area contributed by atoms with E-state index in [-0.39, 0.29) is 3.92 Å². The molecule has 48 heavy (non-hydrogen) atoms. The Kier molecular flexibility index (Phi) is 12.4. The maximum atomic E-state index is 13.6. The third-order valence-corrected chi connectivity index (χ3v) is 9.73. The van der Waals surface area contributed by atoms with Gasteiger partial charge in [0.25, 0.3) is 0 Å². The van der Waals surface area contributed by atoms with E-state index >= 15 is 0 Å². The number of ether oxygens (including phenoxy) is 5. The van der Waals surface area contributed by atoms with E-state index in [1.165, 1.54) is 0 Å². The van der Waals surface area contributed by atoms with Crippen LogP contribution < -0.4 is 0 Å². The number of carbonyl (C=O) groups is 1. The molecule has 0 aromatic heterocycles. The summed E-state index contributed by atoms with van der Waals surface area (Å²) in [5, 5.41) is 0. The lowest BCUT2D eigenvalue weighted by Crippen LogP contribution is -2.65. The number of esters is 1. The minimum Gasteiger partial charge on any atom is -0.455 e. The molecule has 0 bridgehead atoms. The second kappa shape index (κ2) is 17.5. The van der Waals surface area contributed by atoms with Gasteiger partial charge in [-0.25, -0.2) is 4.79 Å². The molecule has 0 N–H and O–H groups in total. The van der Waals surface area contributed by atoms with Crippen molar-refractivity contribution in [3.05, 3.63) is 179 Å². The van der Waals surface area contributed by atoms with Crippen LogP contribution in [-0.4, -0.2) is 40.4 Å². The second-order valence-electron chi connectivity index (χ2n) is 11.7. The molecule has 6 atom stereocenters. The molecular formula is C41H39IO6. The number of carbonyl (C=O) groups excluding carboxylic acids is 1. The fourth-order valence-electron chi connectivity index (χ4n) is 5.83. The van der Waals surface area contributed by atoms with Gasteiger partial charge in [0.05, 0.1) is 35.9 Å². The van der Waals surface area contributed by atoms with E-state index in [0.29, 0.717) is 32.0 Å². The molecule has 0 spiro atoms. The van der Waals surface area contributed by atoms with Crippen LogP contribution in [0.1, 0.15) is 32.6 Å². The maximum Gasteiger partial charge on any atom is 0.338 e. The lowest BCUT2D eigenvalue weighted by Gasteiger charge is -2.48. The van der Waals surface area contributed by atoms with Crippen LogP contribution in [0.15, 0.2) is 152 Å². The van der Waals surface area contributed by atoms with Crippen LogP contribution >= 0.6 is 22.6 Å². The molecule has 6 nitrogen and oxygen atoms in total. The number of hydrogen-bond donors (Lipinski definition) is 0. The Balaban J connectivity index is 1.37. The topological polar surface area (TPSA) is 63.2 Å². The van der Waals surface area contributed by atoms with Crippen LogP contribution in [0.5, 0.6) is 0 Å². The van der Waals surface area contributed by atoms with Crippen molar-refractivity contribution in [2.45, 2.75) is 60.9 Å². The minimum absolute atomic E-state index is 0.306. The Morgan fingerprint density at radius 3 is 1.08 bits per heavy atom. The third kappa shape index (κ3) is 9.18. The molecule has 1 aliphatic rings. The first-order valence-electron chi connectivity index (χ1n) is 16.2. The summed E-state index contributed by atoms with van der Waals surface area (Å²) >= 11 is 2.35. The Morgan fingerprint density at radius 2 is 0.708 bits per heavy atom. The van der Waals surface area contributed by atoms with Gasteiger partial charge < -0.3 is 23.7 Å². The molecule has 5 aromatic carbocycles. The van der Waals surface area contributed by atoms with Gasteiger partial charge in [-0.05, 0) is 34.4 Å². The van der Waals surface area contributed by atoms with Gasteiger partial charge in [-0.3, -0.25) is 0 Å². The van der Waals surface area contributed by atoms with E-state index in [2.05, 4.69) is 22.6 Å². The average Bonchev–Trinajstić information content (AvgIpc) is 3.15. The Morgan fingerprint density at radius 1 is 0.417 bits per heavy atom. The van der Waals surface area contributed by atoms with Crippen molar-refractivity contribution in [3.63, 3.8) is 0 Å². The Labute approximate surface area is 296 Å². The molecule has 0 heterocycles. The molecule has 1 saturated carbocycles. The van der Waals surface area contributed by atoms with Crippen molar-refractivity contribution < 1.29 is 28.5 Å². The normalized spacial score (nSPS) is 22.2. The number of rotatable bonds is 14. The van der Waals surface area contributed by atoms with E-state index < -0.39 is 36.5 Å². The summed E-state index contributed by atoms with van der Waals surface area (Å²) in [7, 11) is 0. The molecule has 246 valence electrons. The highest BCUT2D eigenvalue weighted by Gasteiger charge is 2.54. The van der Waals surface area contributed by atoms with Crippen molar-refractivity contribution in [1.29, 1.82) is 0 Å². The summed E-state index contributed by atoms with van der Waals surface area (Å²) < 4.78 is 33.1. The summed E-state index contributed by atoms with van der Waals surface area (Å²) in [5.74, 6) is -0.428. The number of halogens is 1. The minimum atomic E-state index is -0.708. The van der Waals surface area contributed by atoms with E-state index in [0.717, 1.165) is 22.3 Å². The Hall–Kier alpha value is -3.86. The molecule has 0 amide bonds. The van der Waals surface area contributed by atoms with Gasteiger partial charge in [-0.1, -0.05) is 162 Å². The molecular weight excluding hydrogens is 715 g/mol. The SMILES string of the molecule is O=C(O[C@@H]1[C@@H](I)[C@H](OCc2ccccc2)[C@@H](OCc2ccccc2)[C@H](OCc2ccccc2)[C@H]1OCc1ccccc1)c1ccccc1. The zero-order valence-electron chi connectivity index (χ0n) is 26.6. The first-order valence-corrected chi connectivity index (χ1v) is 17.4. The van der Waals surface area contributed by atoms with Crippen molar-refractivity contribution in [1.82, 2.24) is 0 Å². The van der Waals surface area contributed by atoms with Crippen LogP contribution in [0.2, 0.25) is 0 Å². The lowest BCUT2D eigenvalue weighted by atomic mass is 9.86. The zero-order chi connectivity index (χ0) is 33.0. The molecule has 6 rings (SSSR count). The molecule has 7 heteroatoms. The van der Waals surface area contributed by atoms with Crippen molar-refractivity contribution in [2.75, 3.05) is 0 Å². The van der Waals surface area contributed by atoms with E-state index in [4.69, 9.17) is 23.7 Å². The number of alkyl halides is 1. The standard InChI is InChI=1S/C41H39IO6/c42-35-36(44-26-30-16-6-1-7-17-30)38(45-27-31-18-8-2-9-19-31)40(47-29-33-22-12-4-13-23-33)39(46-28-32-20-10-3-11-21-32)37(35)48-41(43)34-24-14-5-15-25-34/h1-25,35-40H,26-29H2/t35-,36-,37+,38+,39-,40-/m0/s1. The predicted molar refractivity (Wildman–Crippen MR) is 194 cm³/mol. The van der Waals surface area contributed by atoms with Crippen molar-refractivity contribution in [3.8, 4) is 0 Å². The first kappa shape index (κ1) is 34.0. The quantitative estimate of drug-likeness (QED) is 0.0646. The van der Waals surface area contributed by atoms with Crippen LogP contribution in [0.3, 0.4) is 0 Å². The molecule has 0 unspecified atom stereocenters. The van der Waals surface area contributed by atoms with Gasteiger partial charge >= 0.3 is 5.97 Å². The second-order valence-corrected chi connectivity index (χ2v) is 13.2. The largest absolute Gasteiger partial charge is 0.455 e. The van der Waals surface area contributed by atoms with E-state index in [1.54, 1.807) is 12.1 Å². The third-order valence-electron chi connectivity index (χ3n) is 8.32. The summed E-state index contributed by atoms with van der Waals surface area (Å²) in [6.07, 6.45) is -3.06. The first-order chi connectivity index (χ1) is 23.7. The number of benzene rings is 5. The lowest BCUT2D eigenvalue weighted by molar-refractivity contribution is -0.236. The van der Waals surface area contributed by atoms with Crippen LogP contribution in [0, 0.1) is 0 Å². The average molecular weight is 755 g/mol. The zero-order valence-corrected chi connectivity index (χ0v) is 28.7. The molecule has 5 aromatic rings. The smallest absolute Gasteiger partial charge is 0.338 e.